The van der Waals surface area contributed by atoms with Gasteiger partial charge in [0.2, 0.25) is 0 Å². The lowest BCUT2D eigenvalue weighted by Gasteiger charge is -2.11. The van der Waals surface area contributed by atoms with Gasteiger partial charge in [-0.3, -0.25) is 0 Å². The summed E-state index contributed by atoms with van der Waals surface area (Å²) in [6.07, 6.45) is 0.861. The summed E-state index contributed by atoms with van der Waals surface area (Å²) in [5.74, 6) is 0.571. The van der Waals surface area contributed by atoms with Crippen LogP contribution in [0.2, 0.25) is 0 Å². The van der Waals surface area contributed by atoms with Crippen molar-refractivity contribution in [2.45, 2.75) is 6.10 Å². The molecule has 0 aliphatic heterocycles. The molecule has 0 amide bonds. The highest BCUT2D eigenvalue weighted by Crippen LogP contribution is 2.28. The van der Waals surface area contributed by atoms with Crippen molar-refractivity contribution >= 4 is 10.8 Å². The maximum absolute atomic E-state index is 10.3. The molecule has 0 bridgehead atoms. The molecule has 2 aromatic carbocycles. The van der Waals surface area contributed by atoms with Gasteiger partial charge in [-0.15, -0.1) is 0 Å². The third-order valence-electron chi connectivity index (χ3n) is 2.93. The maximum Gasteiger partial charge on any atom is 0.137 e. The number of benzene rings is 2. The number of aliphatic hydroxyl groups excluding tert-OH is 1. The molecule has 0 aliphatic rings. The van der Waals surface area contributed by atoms with Crippen LogP contribution in [-0.2, 0) is 0 Å². The van der Waals surface area contributed by atoms with Crippen LogP contribution in [0.15, 0.2) is 65.3 Å². The van der Waals surface area contributed by atoms with Gasteiger partial charge in [0, 0.05) is 0 Å². The van der Waals surface area contributed by atoms with Crippen LogP contribution in [0.25, 0.3) is 10.8 Å². The minimum atomic E-state index is -0.712. The molecule has 0 fully saturated rings. The van der Waals surface area contributed by atoms with E-state index in [1.165, 1.54) is 0 Å². The van der Waals surface area contributed by atoms with Crippen molar-refractivity contribution in [1.29, 1.82) is 0 Å². The Balaban J connectivity index is 2.17. The number of rotatable bonds is 2. The number of fused-ring (bicyclic) bond motifs is 1. The Labute approximate surface area is 99.1 Å². The summed E-state index contributed by atoms with van der Waals surface area (Å²) in [6.45, 7) is 0. The largest absolute Gasteiger partial charge is 0.466 e. The van der Waals surface area contributed by atoms with Crippen LogP contribution in [0, 0.1) is 0 Å². The first-order valence-electron chi connectivity index (χ1n) is 5.55. The molecule has 0 saturated carbocycles. The highest BCUT2D eigenvalue weighted by atomic mass is 16.4. The molecular weight excluding hydrogens is 212 g/mol. The van der Waals surface area contributed by atoms with Crippen molar-refractivity contribution in [3.8, 4) is 0 Å². The molecule has 0 spiro atoms. The van der Waals surface area contributed by atoms with E-state index in [0.29, 0.717) is 5.76 Å². The van der Waals surface area contributed by atoms with E-state index in [9.17, 15) is 5.11 Å². The number of hydrogen-bond donors (Lipinski definition) is 1. The number of aliphatic hydroxyl groups is 1. The van der Waals surface area contributed by atoms with Gasteiger partial charge in [-0.05, 0) is 28.5 Å². The van der Waals surface area contributed by atoms with Crippen LogP contribution in [-0.4, -0.2) is 5.11 Å². The van der Waals surface area contributed by atoms with Crippen LogP contribution >= 0.6 is 0 Å². The lowest BCUT2D eigenvalue weighted by molar-refractivity contribution is 0.191. The van der Waals surface area contributed by atoms with Gasteiger partial charge < -0.3 is 9.52 Å². The zero-order valence-electron chi connectivity index (χ0n) is 9.21. The Hall–Kier alpha value is -2.06. The SMILES string of the molecule is O[C@@H](c1ccco1)c1cccc2ccccc12. The van der Waals surface area contributed by atoms with Crippen molar-refractivity contribution in [1.82, 2.24) is 0 Å². The van der Waals surface area contributed by atoms with Gasteiger partial charge in [0.15, 0.2) is 0 Å². The molecule has 1 aromatic heterocycles. The monoisotopic (exact) mass is 224 g/mol. The Morgan fingerprint density at radius 2 is 1.71 bits per heavy atom. The highest BCUT2D eigenvalue weighted by Gasteiger charge is 2.15. The molecule has 0 radical (unpaired) electrons. The normalized spacial score (nSPS) is 12.8. The third-order valence-corrected chi connectivity index (χ3v) is 2.93. The Morgan fingerprint density at radius 3 is 2.53 bits per heavy atom. The summed E-state index contributed by atoms with van der Waals surface area (Å²) in [5.41, 5.74) is 0.873. The van der Waals surface area contributed by atoms with Crippen molar-refractivity contribution in [3.05, 3.63) is 72.2 Å². The lowest BCUT2D eigenvalue weighted by Crippen LogP contribution is -1.98. The second-order valence-electron chi connectivity index (χ2n) is 3.99. The van der Waals surface area contributed by atoms with E-state index in [1.807, 2.05) is 42.5 Å². The Kier molecular flexibility index (Phi) is 2.42. The van der Waals surface area contributed by atoms with Crippen molar-refractivity contribution in [2.24, 2.45) is 0 Å². The Bertz CT molecular complexity index is 621. The van der Waals surface area contributed by atoms with E-state index < -0.39 is 6.10 Å². The standard InChI is InChI=1S/C15H12O2/c16-15(14-9-4-10-17-14)13-8-3-6-11-5-1-2-7-12(11)13/h1-10,15-16H/t15-/m1/s1. The fourth-order valence-corrected chi connectivity index (χ4v) is 2.09. The van der Waals surface area contributed by atoms with Gasteiger partial charge in [-0.2, -0.15) is 0 Å². The molecule has 0 unspecified atom stereocenters. The summed E-state index contributed by atoms with van der Waals surface area (Å²) in [6, 6.07) is 17.5. The summed E-state index contributed by atoms with van der Waals surface area (Å²) >= 11 is 0. The summed E-state index contributed by atoms with van der Waals surface area (Å²) in [5, 5.41) is 12.5. The second kappa shape index (κ2) is 4.07. The van der Waals surface area contributed by atoms with E-state index in [0.717, 1.165) is 16.3 Å². The quantitative estimate of drug-likeness (QED) is 0.722. The lowest BCUT2D eigenvalue weighted by atomic mass is 9.99. The number of hydrogen-bond acceptors (Lipinski definition) is 2. The predicted octanol–water partition coefficient (Wildman–Crippen LogP) is 3.51. The first kappa shape index (κ1) is 10.1. The van der Waals surface area contributed by atoms with Crippen LogP contribution in [0.1, 0.15) is 17.4 Å². The van der Waals surface area contributed by atoms with Crippen molar-refractivity contribution in [2.75, 3.05) is 0 Å². The molecule has 1 atom stereocenters. The number of furan rings is 1. The average molecular weight is 224 g/mol. The fraction of sp³-hybridized carbons (Fsp3) is 0.0667. The van der Waals surface area contributed by atoms with Gasteiger partial charge in [0.25, 0.3) is 0 Å². The molecular formula is C15H12O2. The van der Waals surface area contributed by atoms with Gasteiger partial charge >= 0.3 is 0 Å². The Morgan fingerprint density at radius 1 is 0.882 bits per heavy atom. The fourth-order valence-electron chi connectivity index (χ4n) is 2.09. The molecule has 0 aliphatic carbocycles. The van der Waals surface area contributed by atoms with Gasteiger partial charge in [0.1, 0.15) is 11.9 Å². The molecule has 3 rings (SSSR count). The average Bonchev–Trinajstić information content (AvgIpc) is 2.91. The zero-order chi connectivity index (χ0) is 11.7. The predicted molar refractivity (Wildman–Crippen MR) is 66.7 cm³/mol. The van der Waals surface area contributed by atoms with Crippen LogP contribution in [0.5, 0.6) is 0 Å². The molecule has 1 heterocycles. The van der Waals surface area contributed by atoms with Gasteiger partial charge in [-0.1, -0.05) is 42.5 Å². The molecule has 17 heavy (non-hydrogen) atoms. The molecule has 3 aromatic rings. The van der Waals surface area contributed by atoms with E-state index in [4.69, 9.17) is 4.42 Å². The van der Waals surface area contributed by atoms with E-state index >= 15 is 0 Å². The first-order valence-corrected chi connectivity index (χ1v) is 5.55. The maximum atomic E-state index is 10.3. The van der Waals surface area contributed by atoms with Gasteiger partial charge in [0.05, 0.1) is 6.26 Å². The van der Waals surface area contributed by atoms with E-state index in [1.54, 1.807) is 18.4 Å². The van der Waals surface area contributed by atoms with Crippen LogP contribution in [0.3, 0.4) is 0 Å². The zero-order valence-corrected chi connectivity index (χ0v) is 9.21. The van der Waals surface area contributed by atoms with E-state index in [-0.39, 0.29) is 0 Å². The second-order valence-corrected chi connectivity index (χ2v) is 3.99. The minimum Gasteiger partial charge on any atom is -0.466 e. The molecule has 2 nitrogen and oxygen atoms in total. The summed E-state index contributed by atoms with van der Waals surface area (Å²) < 4.78 is 5.25. The summed E-state index contributed by atoms with van der Waals surface area (Å²) in [7, 11) is 0. The first-order chi connectivity index (χ1) is 8.36. The highest BCUT2D eigenvalue weighted by molar-refractivity contribution is 5.86. The third kappa shape index (κ3) is 1.73. The topological polar surface area (TPSA) is 33.4 Å². The van der Waals surface area contributed by atoms with Gasteiger partial charge in [-0.25, -0.2) is 0 Å². The smallest absolute Gasteiger partial charge is 0.137 e. The molecule has 1 N–H and O–H groups in total. The van der Waals surface area contributed by atoms with Crippen LogP contribution < -0.4 is 0 Å². The van der Waals surface area contributed by atoms with Crippen molar-refractivity contribution < 1.29 is 9.52 Å². The minimum absolute atomic E-state index is 0.571. The molecule has 0 saturated heterocycles. The molecule has 2 heteroatoms. The molecule has 84 valence electrons. The van der Waals surface area contributed by atoms with Crippen LogP contribution in [0.4, 0.5) is 0 Å². The van der Waals surface area contributed by atoms with E-state index in [2.05, 4.69) is 0 Å². The summed E-state index contributed by atoms with van der Waals surface area (Å²) in [4.78, 5) is 0. The van der Waals surface area contributed by atoms with Crippen molar-refractivity contribution in [3.63, 3.8) is 0 Å².